The van der Waals surface area contributed by atoms with Crippen LogP contribution in [0.4, 0.5) is 0 Å². The monoisotopic (exact) mass is 195 g/mol. The molecule has 0 amide bonds. The van der Waals surface area contributed by atoms with Gasteiger partial charge in [-0.3, -0.25) is 4.40 Å². The standard InChI is InChI=1S/C9H10ClN3/c1-5-6(2)13-7(3)11-4-8(13)9(10)12-5/h4H,1-3H3. The molecule has 2 rings (SSSR count). The predicted molar refractivity (Wildman–Crippen MR) is 52.2 cm³/mol. The second-order valence-electron chi connectivity index (χ2n) is 3.10. The molecule has 0 radical (unpaired) electrons. The second-order valence-corrected chi connectivity index (χ2v) is 3.46. The Labute approximate surface area is 81.4 Å². The van der Waals surface area contributed by atoms with Crippen molar-refractivity contribution >= 4 is 17.1 Å². The van der Waals surface area contributed by atoms with Crippen LogP contribution in [0.5, 0.6) is 0 Å². The summed E-state index contributed by atoms with van der Waals surface area (Å²) in [6.45, 7) is 5.91. The maximum Gasteiger partial charge on any atom is 0.154 e. The van der Waals surface area contributed by atoms with Crippen LogP contribution in [0.3, 0.4) is 0 Å². The third kappa shape index (κ3) is 1.11. The zero-order chi connectivity index (χ0) is 9.59. The van der Waals surface area contributed by atoms with Gasteiger partial charge in [-0.15, -0.1) is 0 Å². The number of nitrogens with zero attached hydrogens (tertiary/aromatic N) is 3. The van der Waals surface area contributed by atoms with Crippen LogP contribution in [0.15, 0.2) is 6.20 Å². The van der Waals surface area contributed by atoms with Gasteiger partial charge in [0, 0.05) is 5.69 Å². The number of fused-ring (bicyclic) bond motifs is 1. The normalized spacial score (nSPS) is 11.1. The largest absolute Gasteiger partial charge is 0.297 e. The Balaban J connectivity index is 3.00. The highest BCUT2D eigenvalue weighted by Crippen LogP contribution is 2.19. The Morgan fingerprint density at radius 3 is 2.69 bits per heavy atom. The van der Waals surface area contributed by atoms with Gasteiger partial charge in [-0.05, 0) is 20.8 Å². The van der Waals surface area contributed by atoms with Gasteiger partial charge in [0.1, 0.15) is 11.3 Å². The lowest BCUT2D eigenvalue weighted by molar-refractivity contribution is 0.947. The molecule has 3 nitrogen and oxygen atoms in total. The summed E-state index contributed by atoms with van der Waals surface area (Å²) >= 11 is 5.98. The molecule has 0 saturated heterocycles. The Bertz CT molecular complexity index is 473. The molecule has 2 aromatic rings. The Morgan fingerprint density at radius 1 is 1.31 bits per heavy atom. The van der Waals surface area contributed by atoms with Gasteiger partial charge in [-0.25, -0.2) is 9.97 Å². The number of halogens is 1. The zero-order valence-corrected chi connectivity index (χ0v) is 8.55. The first-order chi connectivity index (χ1) is 6.11. The summed E-state index contributed by atoms with van der Waals surface area (Å²) in [5.74, 6) is 0.944. The van der Waals surface area contributed by atoms with E-state index in [0.717, 1.165) is 22.7 Å². The van der Waals surface area contributed by atoms with E-state index in [0.29, 0.717) is 5.15 Å². The van der Waals surface area contributed by atoms with Crippen molar-refractivity contribution in [2.45, 2.75) is 20.8 Å². The smallest absolute Gasteiger partial charge is 0.154 e. The first-order valence-corrected chi connectivity index (χ1v) is 4.46. The molecule has 4 heteroatoms. The van der Waals surface area contributed by atoms with Crippen LogP contribution in [0.2, 0.25) is 5.15 Å². The molecule has 2 aromatic heterocycles. The molecule has 0 aromatic carbocycles. The summed E-state index contributed by atoms with van der Waals surface area (Å²) in [4.78, 5) is 8.42. The number of hydrogen-bond acceptors (Lipinski definition) is 2. The molecule has 0 fully saturated rings. The van der Waals surface area contributed by atoms with Crippen molar-refractivity contribution in [3.8, 4) is 0 Å². The van der Waals surface area contributed by atoms with Crippen LogP contribution >= 0.6 is 11.6 Å². The minimum atomic E-state index is 0.517. The van der Waals surface area contributed by atoms with Crippen LogP contribution in [0.1, 0.15) is 17.2 Å². The van der Waals surface area contributed by atoms with Gasteiger partial charge < -0.3 is 0 Å². The zero-order valence-electron chi connectivity index (χ0n) is 7.80. The average molecular weight is 196 g/mol. The van der Waals surface area contributed by atoms with E-state index in [1.807, 2.05) is 25.2 Å². The summed E-state index contributed by atoms with van der Waals surface area (Å²) in [5.41, 5.74) is 2.91. The quantitative estimate of drug-likeness (QED) is 0.646. The fraction of sp³-hybridized carbons (Fsp3) is 0.333. The van der Waals surface area contributed by atoms with Crippen molar-refractivity contribution in [2.75, 3.05) is 0 Å². The fourth-order valence-electron chi connectivity index (χ4n) is 1.46. The maximum atomic E-state index is 5.98. The highest BCUT2D eigenvalue weighted by molar-refractivity contribution is 6.32. The van der Waals surface area contributed by atoms with E-state index in [1.165, 1.54) is 0 Å². The third-order valence-corrected chi connectivity index (χ3v) is 2.55. The molecular weight excluding hydrogens is 186 g/mol. The Kier molecular flexibility index (Phi) is 1.77. The van der Waals surface area contributed by atoms with E-state index in [2.05, 4.69) is 9.97 Å². The van der Waals surface area contributed by atoms with Gasteiger partial charge in [0.05, 0.1) is 11.9 Å². The summed E-state index contributed by atoms with van der Waals surface area (Å²) in [6.07, 6.45) is 1.75. The lowest BCUT2D eigenvalue weighted by Crippen LogP contribution is -2.00. The number of hydrogen-bond donors (Lipinski definition) is 0. The van der Waals surface area contributed by atoms with E-state index in [1.54, 1.807) is 6.20 Å². The molecule has 0 bridgehead atoms. The van der Waals surface area contributed by atoms with E-state index < -0.39 is 0 Å². The molecule has 2 heterocycles. The molecule has 0 atom stereocenters. The molecule has 0 aliphatic rings. The van der Waals surface area contributed by atoms with Crippen LogP contribution < -0.4 is 0 Å². The van der Waals surface area contributed by atoms with Crippen molar-refractivity contribution in [3.63, 3.8) is 0 Å². The molecule has 0 aliphatic heterocycles. The second kappa shape index (κ2) is 2.70. The molecule has 0 unspecified atom stereocenters. The van der Waals surface area contributed by atoms with Crippen LogP contribution in [0, 0.1) is 20.8 Å². The van der Waals surface area contributed by atoms with Crippen molar-refractivity contribution in [3.05, 3.63) is 28.6 Å². The number of aromatic nitrogens is 3. The van der Waals surface area contributed by atoms with Gasteiger partial charge in [0.15, 0.2) is 5.15 Å². The Morgan fingerprint density at radius 2 is 2.00 bits per heavy atom. The van der Waals surface area contributed by atoms with Crippen LogP contribution in [-0.4, -0.2) is 14.4 Å². The summed E-state index contributed by atoms with van der Waals surface area (Å²) in [5, 5.41) is 0.517. The molecule has 68 valence electrons. The highest BCUT2D eigenvalue weighted by Gasteiger charge is 2.08. The molecule has 0 N–H and O–H groups in total. The molecular formula is C9H10ClN3. The van der Waals surface area contributed by atoms with Crippen molar-refractivity contribution in [2.24, 2.45) is 0 Å². The summed E-state index contributed by atoms with van der Waals surface area (Å²) in [7, 11) is 0. The molecule has 0 aliphatic carbocycles. The predicted octanol–water partition coefficient (Wildman–Crippen LogP) is 2.31. The minimum absolute atomic E-state index is 0.517. The minimum Gasteiger partial charge on any atom is -0.297 e. The third-order valence-electron chi connectivity index (χ3n) is 2.27. The topological polar surface area (TPSA) is 30.2 Å². The van der Waals surface area contributed by atoms with Crippen molar-refractivity contribution in [1.29, 1.82) is 0 Å². The van der Waals surface area contributed by atoms with E-state index >= 15 is 0 Å². The molecule has 0 saturated carbocycles. The van der Waals surface area contributed by atoms with Gasteiger partial charge in [-0.2, -0.15) is 0 Å². The lowest BCUT2D eigenvalue weighted by Gasteiger charge is -2.06. The number of imidazole rings is 1. The summed E-state index contributed by atoms with van der Waals surface area (Å²) in [6, 6.07) is 0. The first kappa shape index (κ1) is 8.51. The van der Waals surface area contributed by atoms with Gasteiger partial charge >= 0.3 is 0 Å². The van der Waals surface area contributed by atoms with E-state index in [4.69, 9.17) is 11.6 Å². The van der Waals surface area contributed by atoms with Gasteiger partial charge in [-0.1, -0.05) is 11.6 Å². The van der Waals surface area contributed by atoms with Crippen molar-refractivity contribution < 1.29 is 0 Å². The highest BCUT2D eigenvalue weighted by atomic mass is 35.5. The van der Waals surface area contributed by atoms with Crippen molar-refractivity contribution in [1.82, 2.24) is 14.4 Å². The van der Waals surface area contributed by atoms with Gasteiger partial charge in [0.2, 0.25) is 0 Å². The fourth-order valence-corrected chi connectivity index (χ4v) is 1.72. The maximum absolute atomic E-state index is 5.98. The molecule has 13 heavy (non-hydrogen) atoms. The SMILES string of the molecule is Cc1nc(Cl)c2cnc(C)n2c1C. The van der Waals surface area contributed by atoms with E-state index in [-0.39, 0.29) is 0 Å². The number of rotatable bonds is 0. The molecule has 0 spiro atoms. The first-order valence-electron chi connectivity index (χ1n) is 4.08. The number of aryl methyl sites for hydroxylation is 3. The van der Waals surface area contributed by atoms with Crippen LogP contribution in [-0.2, 0) is 0 Å². The van der Waals surface area contributed by atoms with Crippen LogP contribution in [0.25, 0.3) is 5.52 Å². The lowest BCUT2D eigenvalue weighted by atomic mass is 10.3. The average Bonchev–Trinajstić information content (AvgIpc) is 2.44. The van der Waals surface area contributed by atoms with E-state index in [9.17, 15) is 0 Å². The van der Waals surface area contributed by atoms with Gasteiger partial charge in [0.25, 0.3) is 0 Å². The summed E-state index contributed by atoms with van der Waals surface area (Å²) < 4.78 is 2.02. The Hall–Kier alpha value is -1.09.